The van der Waals surface area contributed by atoms with Crippen molar-refractivity contribution >= 4 is 18.2 Å². The molecule has 3 aromatic rings. The summed E-state index contributed by atoms with van der Waals surface area (Å²) in [6.07, 6.45) is 1.12. The van der Waals surface area contributed by atoms with E-state index in [4.69, 9.17) is 9.47 Å². The number of alkyl carbamates (subject to hydrolysis) is 1. The second-order valence-corrected chi connectivity index (χ2v) is 7.33. The summed E-state index contributed by atoms with van der Waals surface area (Å²) in [6.45, 7) is 2.21. The molecule has 2 N–H and O–H groups in total. The fraction of sp³-hybridized carbons (Fsp3) is 0.192. The van der Waals surface area contributed by atoms with Crippen LogP contribution in [0.1, 0.15) is 23.6 Å². The maximum Gasteiger partial charge on any atom is 0.407 e. The highest BCUT2D eigenvalue weighted by atomic mass is 19.1. The Morgan fingerprint density at radius 1 is 0.971 bits per heavy atom. The molecule has 1 atom stereocenters. The predicted molar refractivity (Wildman–Crippen MR) is 127 cm³/mol. The number of nitrogens with zero attached hydrogens (tertiary/aromatic N) is 1. The van der Waals surface area contributed by atoms with Crippen molar-refractivity contribution in [1.29, 1.82) is 0 Å². The van der Waals surface area contributed by atoms with Crippen LogP contribution in [0.2, 0.25) is 0 Å². The van der Waals surface area contributed by atoms with E-state index in [1.54, 1.807) is 43.3 Å². The van der Waals surface area contributed by atoms with Gasteiger partial charge in [-0.15, -0.1) is 0 Å². The first kappa shape index (κ1) is 24.4. The molecular formula is C26H26FN3O4. The molecule has 3 aromatic carbocycles. The molecule has 8 heteroatoms. The Labute approximate surface area is 197 Å². The van der Waals surface area contributed by atoms with E-state index in [1.807, 2.05) is 30.3 Å². The Kier molecular flexibility index (Phi) is 9.16. The third kappa shape index (κ3) is 8.05. The van der Waals surface area contributed by atoms with Crippen molar-refractivity contribution in [2.45, 2.75) is 26.0 Å². The van der Waals surface area contributed by atoms with Crippen molar-refractivity contribution < 1.29 is 23.5 Å². The van der Waals surface area contributed by atoms with Crippen LogP contribution in [0.3, 0.4) is 0 Å². The van der Waals surface area contributed by atoms with Gasteiger partial charge >= 0.3 is 6.09 Å². The van der Waals surface area contributed by atoms with E-state index in [1.165, 1.54) is 18.3 Å². The van der Waals surface area contributed by atoms with Crippen LogP contribution in [0.25, 0.3) is 0 Å². The first-order chi connectivity index (χ1) is 16.5. The van der Waals surface area contributed by atoms with Gasteiger partial charge in [-0.05, 0) is 60.0 Å². The lowest BCUT2D eigenvalue weighted by Gasteiger charge is -2.16. The zero-order chi connectivity index (χ0) is 24.2. The Hall–Kier alpha value is -4.20. The number of benzene rings is 3. The Balaban J connectivity index is 1.54. The number of amides is 2. The second kappa shape index (κ2) is 12.7. The maximum atomic E-state index is 13.0. The van der Waals surface area contributed by atoms with Crippen LogP contribution in [0, 0.1) is 5.82 Å². The van der Waals surface area contributed by atoms with Gasteiger partial charge in [-0.25, -0.2) is 14.6 Å². The zero-order valence-electron chi connectivity index (χ0n) is 18.7. The van der Waals surface area contributed by atoms with Crippen LogP contribution >= 0.6 is 0 Å². The number of ether oxygens (including phenoxy) is 2. The van der Waals surface area contributed by atoms with E-state index in [2.05, 4.69) is 15.8 Å². The van der Waals surface area contributed by atoms with Crippen molar-refractivity contribution in [1.82, 2.24) is 10.7 Å². The third-order valence-corrected chi connectivity index (χ3v) is 4.75. The number of carbonyl (C=O) groups excluding carboxylic acids is 2. The average molecular weight is 464 g/mol. The van der Waals surface area contributed by atoms with Crippen LogP contribution in [0.4, 0.5) is 9.18 Å². The summed E-state index contributed by atoms with van der Waals surface area (Å²) in [4.78, 5) is 24.5. The highest BCUT2D eigenvalue weighted by Gasteiger charge is 2.21. The quantitative estimate of drug-likeness (QED) is 0.348. The van der Waals surface area contributed by atoms with Gasteiger partial charge in [-0.2, -0.15) is 5.10 Å². The fourth-order valence-corrected chi connectivity index (χ4v) is 3.02. The SMILES string of the molecule is CCOC(=O)N[C@H](Cc1ccccc1)C(=O)N/N=C\c1ccc(OCc2ccc(F)cc2)cc1. The van der Waals surface area contributed by atoms with Gasteiger partial charge in [-0.1, -0.05) is 42.5 Å². The molecule has 2 amide bonds. The topological polar surface area (TPSA) is 89.0 Å². The predicted octanol–water partition coefficient (Wildman–Crippen LogP) is 4.21. The van der Waals surface area contributed by atoms with E-state index in [9.17, 15) is 14.0 Å². The summed E-state index contributed by atoms with van der Waals surface area (Å²) < 4.78 is 23.6. The van der Waals surface area contributed by atoms with Gasteiger partial charge < -0.3 is 14.8 Å². The summed E-state index contributed by atoms with van der Waals surface area (Å²) in [6, 6.07) is 21.7. The summed E-state index contributed by atoms with van der Waals surface area (Å²) in [5, 5.41) is 6.56. The Morgan fingerprint density at radius 3 is 2.35 bits per heavy atom. The first-order valence-electron chi connectivity index (χ1n) is 10.8. The molecule has 0 bridgehead atoms. The number of halogens is 1. The third-order valence-electron chi connectivity index (χ3n) is 4.75. The van der Waals surface area contributed by atoms with Gasteiger partial charge in [0.1, 0.15) is 24.2 Å². The minimum Gasteiger partial charge on any atom is -0.489 e. The molecule has 0 saturated carbocycles. The summed E-state index contributed by atoms with van der Waals surface area (Å²) in [5.41, 5.74) is 4.95. The van der Waals surface area contributed by atoms with Gasteiger partial charge in [0.15, 0.2) is 0 Å². The lowest BCUT2D eigenvalue weighted by molar-refractivity contribution is -0.123. The molecule has 0 aromatic heterocycles. The number of carbonyl (C=O) groups is 2. The minimum absolute atomic E-state index is 0.202. The molecule has 0 aliphatic heterocycles. The number of hydrogen-bond acceptors (Lipinski definition) is 5. The van der Waals surface area contributed by atoms with E-state index < -0.39 is 18.0 Å². The highest BCUT2D eigenvalue weighted by Crippen LogP contribution is 2.14. The van der Waals surface area contributed by atoms with Gasteiger partial charge in [-0.3, -0.25) is 4.79 Å². The van der Waals surface area contributed by atoms with E-state index in [0.29, 0.717) is 18.8 Å². The van der Waals surface area contributed by atoms with Crippen LogP contribution in [0.15, 0.2) is 84.0 Å². The van der Waals surface area contributed by atoms with Crippen molar-refractivity contribution in [3.8, 4) is 5.75 Å². The van der Waals surface area contributed by atoms with Gasteiger partial charge in [0.05, 0.1) is 12.8 Å². The first-order valence-corrected chi connectivity index (χ1v) is 10.8. The molecule has 0 unspecified atom stereocenters. The number of nitrogens with one attached hydrogen (secondary N) is 2. The molecule has 0 fully saturated rings. The normalized spacial score (nSPS) is 11.6. The van der Waals surface area contributed by atoms with Crippen LogP contribution in [-0.4, -0.2) is 30.9 Å². The molecule has 0 heterocycles. The van der Waals surface area contributed by atoms with E-state index in [0.717, 1.165) is 16.7 Å². The number of hydrogen-bond donors (Lipinski definition) is 2. The van der Waals surface area contributed by atoms with E-state index >= 15 is 0 Å². The standard InChI is InChI=1S/C26H26FN3O4/c1-2-33-26(32)29-24(16-19-6-4-3-5-7-19)25(31)30-28-17-20-10-14-23(15-11-20)34-18-21-8-12-22(27)13-9-21/h3-15,17,24H,2,16,18H2,1H3,(H,29,32)(H,30,31)/b28-17-/t24-/m1/s1. The van der Waals surface area contributed by atoms with Crippen molar-refractivity contribution in [3.05, 3.63) is 101 Å². The molecule has 3 rings (SSSR count). The van der Waals surface area contributed by atoms with Gasteiger partial charge in [0, 0.05) is 6.42 Å². The van der Waals surface area contributed by atoms with Crippen molar-refractivity contribution in [2.24, 2.45) is 5.10 Å². The molecule has 34 heavy (non-hydrogen) atoms. The lowest BCUT2D eigenvalue weighted by atomic mass is 10.1. The monoisotopic (exact) mass is 463 g/mol. The molecule has 7 nitrogen and oxygen atoms in total. The summed E-state index contributed by atoms with van der Waals surface area (Å²) in [5.74, 6) is -0.109. The zero-order valence-corrected chi connectivity index (χ0v) is 18.7. The van der Waals surface area contributed by atoms with Crippen LogP contribution < -0.4 is 15.5 Å². The van der Waals surface area contributed by atoms with Crippen LogP contribution in [-0.2, 0) is 22.6 Å². The molecule has 0 spiro atoms. The molecule has 0 radical (unpaired) electrons. The van der Waals surface area contributed by atoms with Gasteiger partial charge in [0.25, 0.3) is 5.91 Å². The minimum atomic E-state index is -0.846. The van der Waals surface area contributed by atoms with Gasteiger partial charge in [0.2, 0.25) is 0 Å². The number of rotatable bonds is 10. The maximum absolute atomic E-state index is 13.0. The van der Waals surface area contributed by atoms with Crippen molar-refractivity contribution in [2.75, 3.05) is 6.61 Å². The van der Waals surface area contributed by atoms with Crippen LogP contribution in [0.5, 0.6) is 5.75 Å². The Morgan fingerprint density at radius 2 is 1.68 bits per heavy atom. The Bertz CT molecular complexity index is 1090. The average Bonchev–Trinajstić information content (AvgIpc) is 2.85. The highest BCUT2D eigenvalue weighted by molar-refractivity contribution is 5.87. The summed E-state index contributed by atoms with van der Waals surface area (Å²) in [7, 11) is 0. The number of hydrazone groups is 1. The molecule has 176 valence electrons. The van der Waals surface area contributed by atoms with Crippen molar-refractivity contribution in [3.63, 3.8) is 0 Å². The smallest absolute Gasteiger partial charge is 0.407 e. The summed E-state index contributed by atoms with van der Waals surface area (Å²) >= 11 is 0. The lowest BCUT2D eigenvalue weighted by Crippen LogP contribution is -2.47. The fourth-order valence-electron chi connectivity index (χ4n) is 3.02. The molecule has 0 saturated heterocycles. The molecule has 0 aliphatic rings. The second-order valence-electron chi connectivity index (χ2n) is 7.33. The largest absolute Gasteiger partial charge is 0.489 e. The molecular weight excluding hydrogens is 437 g/mol. The van der Waals surface area contributed by atoms with E-state index in [-0.39, 0.29) is 12.4 Å². The molecule has 0 aliphatic carbocycles.